The van der Waals surface area contributed by atoms with Gasteiger partial charge >= 0.3 is 0 Å². The zero-order chi connectivity index (χ0) is 14.7. The minimum atomic E-state index is -1.60. The van der Waals surface area contributed by atoms with Gasteiger partial charge in [0.2, 0.25) is 0 Å². The maximum atomic E-state index is 2.62. The van der Waals surface area contributed by atoms with Gasteiger partial charge in [0, 0.05) is 5.54 Å². The molecule has 0 heterocycles. The van der Waals surface area contributed by atoms with Gasteiger partial charge < -0.3 is 0 Å². The Bertz CT molecular complexity index is 522. The van der Waals surface area contributed by atoms with E-state index in [1.54, 1.807) is 10.7 Å². The highest BCUT2D eigenvalue weighted by molar-refractivity contribution is 6.97. The fourth-order valence-corrected chi connectivity index (χ4v) is 8.78. The van der Waals surface area contributed by atoms with Crippen molar-refractivity contribution in [1.29, 1.82) is 0 Å². The number of hydrogen-bond donors (Lipinski definition) is 0. The summed E-state index contributed by atoms with van der Waals surface area (Å²) in [7, 11) is -1.60. The van der Waals surface area contributed by atoms with Crippen LogP contribution in [0.25, 0.3) is 0 Å². The van der Waals surface area contributed by atoms with Crippen molar-refractivity contribution in [2.75, 3.05) is 0 Å². The van der Waals surface area contributed by atoms with Gasteiger partial charge in [-0.25, -0.2) is 0 Å². The molecular weight excluding hydrogens is 268 g/mol. The SMILES string of the molecule is CCC1=C[C]([Si](C)(c2ccccc2)C2CCCCC2)C=C1. The molecule has 0 bridgehead atoms. The van der Waals surface area contributed by atoms with Gasteiger partial charge in [0.05, 0.1) is 0 Å². The second kappa shape index (κ2) is 6.35. The normalized spacial score (nSPS) is 23.0. The molecule has 1 radical (unpaired) electrons. The van der Waals surface area contributed by atoms with Gasteiger partial charge in [-0.3, -0.25) is 0 Å². The van der Waals surface area contributed by atoms with Crippen molar-refractivity contribution < 1.29 is 0 Å². The Balaban J connectivity index is 1.99. The highest BCUT2D eigenvalue weighted by atomic mass is 28.3. The monoisotopic (exact) mass is 295 g/mol. The molecule has 1 saturated carbocycles. The van der Waals surface area contributed by atoms with Crippen molar-refractivity contribution in [3.8, 4) is 0 Å². The summed E-state index contributed by atoms with van der Waals surface area (Å²) in [5.74, 6) is 0. The zero-order valence-corrected chi connectivity index (χ0v) is 14.4. The number of rotatable bonds is 4. The van der Waals surface area contributed by atoms with Crippen LogP contribution in [0, 0.1) is 5.54 Å². The van der Waals surface area contributed by atoms with Gasteiger partial charge in [0.15, 0.2) is 0 Å². The van der Waals surface area contributed by atoms with E-state index in [1.807, 2.05) is 0 Å². The standard InChI is InChI=1S/C20H27Si/c1-3-17-14-15-20(16-17)21(2,18-10-6-4-7-11-18)19-12-8-5-9-13-19/h4,6-7,10-11,14-16,19H,3,5,8-9,12-13H2,1-2H3. The van der Waals surface area contributed by atoms with Crippen LogP contribution in [0.5, 0.6) is 0 Å². The largest absolute Gasteiger partial charge is 0.102 e. The highest BCUT2D eigenvalue weighted by Gasteiger charge is 2.44. The summed E-state index contributed by atoms with van der Waals surface area (Å²) in [4.78, 5) is 0. The van der Waals surface area contributed by atoms with Gasteiger partial charge in [0.25, 0.3) is 0 Å². The van der Waals surface area contributed by atoms with Crippen molar-refractivity contribution in [3.05, 3.63) is 59.7 Å². The van der Waals surface area contributed by atoms with E-state index in [0.29, 0.717) is 0 Å². The van der Waals surface area contributed by atoms with Crippen LogP contribution in [0.1, 0.15) is 45.4 Å². The lowest BCUT2D eigenvalue weighted by molar-refractivity contribution is 0.494. The predicted octanol–water partition coefficient (Wildman–Crippen LogP) is 5.33. The third-order valence-corrected chi connectivity index (χ3v) is 10.9. The van der Waals surface area contributed by atoms with E-state index >= 15 is 0 Å². The van der Waals surface area contributed by atoms with Crippen LogP contribution in [0.4, 0.5) is 0 Å². The topological polar surface area (TPSA) is 0 Å². The van der Waals surface area contributed by atoms with E-state index < -0.39 is 8.07 Å². The highest BCUT2D eigenvalue weighted by Crippen LogP contribution is 2.43. The molecule has 0 aliphatic heterocycles. The lowest BCUT2D eigenvalue weighted by Crippen LogP contribution is -2.53. The van der Waals surface area contributed by atoms with E-state index in [9.17, 15) is 0 Å². The smallest absolute Gasteiger partial charge is 0.0757 e. The first kappa shape index (κ1) is 14.8. The van der Waals surface area contributed by atoms with E-state index in [1.165, 1.54) is 37.7 Å². The molecule has 111 valence electrons. The Labute approximate surface area is 131 Å². The van der Waals surface area contributed by atoms with Crippen LogP contribution >= 0.6 is 0 Å². The summed E-state index contributed by atoms with van der Waals surface area (Å²) >= 11 is 0. The number of allylic oxidation sites excluding steroid dienone is 4. The molecule has 0 aromatic heterocycles. The Morgan fingerprint density at radius 1 is 1.00 bits per heavy atom. The minimum absolute atomic E-state index is 0.917. The lowest BCUT2D eigenvalue weighted by atomic mass is 10.0. The average Bonchev–Trinajstić information content (AvgIpc) is 3.05. The first-order valence-corrected chi connectivity index (χ1v) is 11.1. The Kier molecular flexibility index (Phi) is 4.49. The van der Waals surface area contributed by atoms with Gasteiger partial charge in [-0.1, -0.05) is 105 Å². The Morgan fingerprint density at radius 3 is 2.33 bits per heavy atom. The van der Waals surface area contributed by atoms with E-state index in [0.717, 1.165) is 12.0 Å². The van der Waals surface area contributed by atoms with Gasteiger partial charge in [-0.05, 0) is 12.0 Å². The number of benzene rings is 1. The van der Waals surface area contributed by atoms with Crippen LogP contribution < -0.4 is 5.19 Å². The van der Waals surface area contributed by atoms with Crippen LogP contribution in [-0.2, 0) is 0 Å². The van der Waals surface area contributed by atoms with Crippen LogP contribution in [0.2, 0.25) is 12.1 Å². The van der Waals surface area contributed by atoms with Gasteiger partial charge in [-0.15, -0.1) is 0 Å². The minimum Gasteiger partial charge on any atom is -0.0757 e. The van der Waals surface area contributed by atoms with Crippen molar-refractivity contribution in [2.45, 2.75) is 57.5 Å². The van der Waals surface area contributed by atoms with Crippen molar-refractivity contribution in [3.63, 3.8) is 0 Å². The molecule has 3 rings (SSSR count). The average molecular weight is 296 g/mol. The molecule has 21 heavy (non-hydrogen) atoms. The van der Waals surface area contributed by atoms with E-state index in [2.05, 4.69) is 62.0 Å². The van der Waals surface area contributed by atoms with E-state index in [4.69, 9.17) is 0 Å². The first-order chi connectivity index (χ1) is 10.2. The molecule has 2 aliphatic carbocycles. The van der Waals surface area contributed by atoms with Crippen molar-refractivity contribution in [2.24, 2.45) is 0 Å². The molecule has 1 unspecified atom stereocenters. The molecule has 2 aliphatic rings. The summed E-state index contributed by atoms with van der Waals surface area (Å²) in [5, 5.41) is 1.63. The third kappa shape index (κ3) is 2.81. The molecule has 1 aromatic rings. The molecule has 1 aromatic carbocycles. The predicted molar refractivity (Wildman–Crippen MR) is 95.3 cm³/mol. The molecule has 0 amide bonds. The van der Waals surface area contributed by atoms with E-state index in [-0.39, 0.29) is 0 Å². The fourth-order valence-electron chi connectivity index (χ4n) is 4.14. The molecule has 1 fully saturated rings. The molecule has 0 spiro atoms. The summed E-state index contributed by atoms with van der Waals surface area (Å²) in [6.07, 6.45) is 15.6. The Hall–Kier alpha value is -1.08. The summed E-state index contributed by atoms with van der Waals surface area (Å²) in [6, 6.07) is 11.4. The van der Waals surface area contributed by atoms with Crippen LogP contribution in [-0.4, -0.2) is 8.07 Å². The van der Waals surface area contributed by atoms with Gasteiger partial charge in [-0.2, -0.15) is 0 Å². The Morgan fingerprint density at radius 2 is 1.71 bits per heavy atom. The number of hydrogen-bond acceptors (Lipinski definition) is 0. The van der Waals surface area contributed by atoms with Crippen LogP contribution in [0.3, 0.4) is 0 Å². The summed E-state index contributed by atoms with van der Waals surface area (Å²) in [6.45, 7) is 4.88. The molecule has 1 atom stereocenters. The lowest BCUT2D eigenvalue weighted by Gasteiger charge is -2.41. The maximum absolute atomic E-state index is 2.62. The zero-order valence-electron chi connectivity index (χ0n) is 13.4. The molecule has 0 nitrogen and oxygen atoms in total. The quantitative estimate of drug-likeness (QED) is 0.659. The van der Waals surface area contributed by atoms with Crippen LogP contribution in [0.15, 0.2) is 54.1 Å². The van der Waals surface area contributed by atoms with Crippen molar-refractivity contribution >= 4 is 13.3 Å². The van der Waals surface area contributed by atoms with Gasteiger partial charge in [0.1, 0.15) is 8.07 Å². The maximum Gasteiger partial charge on any atom is 0.102 e. The summed E-state index contributed by atoms with van der Waals surface area (Å²) in [5.41, 5.74) is 4.09. The first-order valence-electron chi connectivity index (χ1n) is 8.56. The second-order valence-electron chi connectivity index (χ2n) is 6.76. The molecule has 0 N–H and O–H groups in total. The molecule has 1 heteroatoms. The van der Waals surface area contributed by atoms with Crippen molar-refractivity contribution in [1.82, 2.24) is 0 Å². The molecular formula is C20H27Si. The molecule has 0 saturated heterocycles. The second-order valence-corrected chi connectivity index (χ2v) is 11.1. The summed E-state index contributed by atoms with van der Waals surface area (Å²) < 4.78 is 0. The fraction of sp³-hybridized carbons (Fsp3) is 0.450. The third-order valence-electron chi connectivity index (χ3n) is 5.62.